The van der Waals surface area contributed by atoms with Gasteiger partial charge in [-0.05, 0) is 64.8 Å². The van der Waals surface area contributed by atoms with Crippen LogP contribution < -0.4 is 4.74 Å². The third-order valence-corrected chi connectivity index (χ3v) is 3.07. The first-order chi connectivity index (χ1) is 8.60. The van der Waals surface area contributed by atoms with Gasteiger partial charge >= 0.3 is 0 Å². The zero-order chi connectivity index (χ0) is 13.1. The van der Waals surface area contributed by atoms with Crippen molar-refractivity contribution in [1.29, 1.82) is 0 Å². The third kappa shape index (κ3) is 2.76. The molecule has 0 aliphatic rings. The van der Waals surface area contributed by atoms with Gasteiger partial charge in [-0.3, -0.25) is 4.79 Å². The maximum absolute atomic E-state index is 13.1. The van der Waals surface area contributed by atoms with E-state index >= 15 is 0 Å². The minimum Gasteiger partial charge on any atom is -0.456 e. The predicted octanol–water partition coefficient (Wildman–Crippen LogP) is 4.50. The summed E-state index contributed by atoms with van der Waals surface area (Å²) in [5, 5.41) is 0. The first-order valence-corrected chi connectivity index (χ1v) is 6.08. The molecule has 0 bridgehead atoms. The molecule has 0 saturated carbocycles. The van der Waals surface area contributed by atoms with Gasteiger partial charge in [0.25, 0.3) is 0 Å². The van der Waals surface area contributed by atoms with Crippen molar-refractivity contribution in [3.05, 3.63) is 57.8 Å². The summed E-state index contributed by atoms with van der Waals surface area (Å²) < 4.78 is 19.4. The molecular formula is C14H10BrFO2. The number of hydrogen-bond donors (Lipinski definition) is 0. The second kappa shape index (κ2) is 5.31. The number of aldehydes is 1. The van der Waals surface area contributed by atoms with Crippen LogP contribution in [0.3, 0.4) is 0 Å². The number of carbonyl (C=O) groups excluding carboxylic acids is 1. The standard InChI is InChI=1S/C14H10BrFO2/c1-9-6-11(3-4-13(9)16)18-14-5-2-10(8-17)7-12(14)15/h2-8H,1H3. The fourth-order valence-corrected chi connectivity index (χ4v) is 1.96. The molecule has 92 valence electrons. The van der Waals surface area contributed by atoms with Crippen LogP contribution in [-0.2, 0) is 0 Å². The molecule has 0 atom stereocenters. The Kier molecular flexibility index (Phi) is 3.77. The molecule has 0 aliphatic carbocycles. The fourth-order valence-electron chi connectivity index (χ4n) is 1.48. The van der Waals surface area contributed by atoms with Gasteiger partial charge in [-0.25, -0.2) is 4.39 Å². The van der Waals surface area contributed by atoms with Gasteiger partial charge in [0.2, 0.25) is 0 Å². The average molecular weight is 309 g/mol. The third-order valence-electron chi connectivity index (χ3n) is 2.45. The number of halogens is 2. The molecule has 0 fully saturated rings. The zero-order valence-electron chi connectivity index (χ0n) is 9.61. The Morgan fingerprint density at radius 2 is 2.00 bits per heavy atom. The molecule has 2 aromatic carbocycles. The molecule has 0 N–H and O–H groups in total. The number of hydrogen-bond acceptors (Lipinski definition) is 2. The molecule has 0 aromatic heterocycles. The summed E-state index contributed by atoms with van der Waals surface area (Å²) >= 11 is 3.32. The van der Waals surface area contributed by atoms with Crippen molar-refractivity contribution in [1.82, 2.24) is 0 Å². The Bertz CT molecular complexity index is 596. The van der Waals surface area contributed by atoms with Crippen LogP contribution in [0.25, 0.3) is 0 Å². The number of aryl methyl sites for hydroxylation is 1. The second-order valence-electron chi connectivity index (χ2n) is 3.82. The van der Waals surface area contributed by atoms with Crippen LogP contribution in [-0.4, -0.2) is 6.29 Å². The number of carbonyl (C=O) groups is 1. The molecule has 2 nitrogen and oxygen atoms in total. The van der Waals surface area contributed by atoms with E-state index in [2.05, 4.69) is 15.9 Å². The predicted molar refractivity (Wildman–Crippen MR) is 70.7 cm³/mol. The van der Waals surface area contributed by atoms with Crippen molar-refractivity contribution >= 4 is 22.2 Å². The van der Waals surface area contributed by atoms with Crippen LogP contribution in [0.15, 0.2) is 40.9 Å². The van der Waals surface area contributed by atoms with Gasteiger partial charge in [-0.2, -0.15) is 0 Å². The highest BCUT2D eigenvalue weighted by molar-refractivity contribution is 9.10. The molecule has 4 heteroatoms. The summed E-state index contributed by atoms with van der Waals surface area (Å²) in [6.45, 7) is 1.67. The van der Waals surface area contributed by atoms with Gasteiger partial charge in [0, 0.05) is 5.56 Å². The van der Waals surface area contributed by atoms with Gasteiger partial charge in [0.05, 0.1) is 4.47 Å². The lowest BCUT2D eigenvalue weighted by Gasteiger charge is -2.09. The van der Waals surface area contributed by atoms with Crippen molar-refractivity contribution in [3.63, 3.8) is 0 Å². The van der Waals surface area contributed by atoms with Gasteiger partial charge in [0.15, 0.2) is 0 Å². The zero-order valence-corrected chi connectivity index (χ0v) is 11.2. The van der Waals surface area contributed by atoms with E-state index in [4.69, 9.17) is 4.74 Å². The van der Waals surface area contributed by atoms with Crippen LogP contribution in [0.4, 0.5) is 4.39 Å². The number of benzene rings is 2. The van der Waals surface area contributed by atoms with Crippen LogP contribution in [0.5, 0.6) is 11.5 Å². The Morgan fingerprint density at radius 3 is 2.61 bits per heavy atom. The van der Waals surface area contributed by atoms with Crippen molar-refractivity contribution in [2.75, 3.05) is 0 Å². The molecule has 0 unspecified atom stereocenters. The molecule has 2 rings (SSSR count). The highest BCUT2D eigenvalue weighted by Crippen LogP contribution is 2.30. The number of rotatable bonds is 3. The average Bonchev–Trinajstić information content (AvgIpc) is 2.36. The maximum atomic E-state index is 13.1. The van der Waals surface area contributed by atoms with Gasteiger partial charge < -0.3 is 4.74 Å². The Hall–Kier alpha value is -1.68. The van der Waals surface area contributed by atoms with E-state index in [9.17, 15) is 9.18 Å². The van der Waals surface area contributed by atoms with Crippen LogP contribution in [0.1, 0.15) is 15.9 Å². The summed E-state index contributed by atoms with van der Waals surface area (Å²) in [6, 6.07) is 9.55. The van der Waals surface area contributed by atoms with Crippen molar-refractivity contribution in [2.24, 2.45) is 0 Å². The van der Waals surface area contributed by atoms with E-state index < -0.39 is 0 Å². The van der Waals surface area contributed by atoms with Gasteiger partial charge in [0.1, 0.15) is 23.6 Å². The molecule has 18 heavy (non-hydrogen) atoms. The van der Waals surface area contributed by atoms with Gasteiger partial charge in [-0.15, -0.1) is 0 Å². The second-order valence-corrected chi connectivity index (χ2v) is 4.68. The van der Waals surface area contributed by atoms with Gasteiger partial charge in [-0.1, -0.05) is 0 Å². The lowest BCUT2D eigenvalue weighted by Crippen LogP contribution is -1.89. The first-order valence-electron chi connectivity index (χ1n) is 5.29. The highest BCUT2D eigenvalue weighted by Gasteiger charge is 2.05. The fraction of sp³-hybridized carbons (Fsp3) is 0.0714. The molecule has 0 saturated heterocycles. The summed E-state index contributed by atoms with van der Waals surface area (Å²) in [7, 11) is 0. The SMILES string of the molecule is Cc1cc(Oc2ccc(C=O)cc2Br)ccc1F. The maximum Gasteiger partial charge on any atom is 0.150 e. The molecule has 0 heterocycles. The Balaban J connectivity index is 2.28. The smallest absolute Gasteiger partial charge is 0.150 e. The molecule has 0 amide bonds. The van der Waals surface area contributed by atoms with E-state index in [1.165, 1.54) is 6.07 Å². The van der Waals surface area contributed by atoms with Crippen LogP contribution in [0.2, 0.25) is 0 Å². The normalized spacial score (nSPS) is 10.2. The molecule has 0 spiro atoms. The molecule has 2 aromatic rings. The van der Waals surface area contributed by atoms with Crippen molar-refractivity contribution < 1.29 is 13.9 Å². The van der Waals surface area contributed by atoms with Crippen molar-refractivity contribution in [3.8, 4) is 11.5 Å². The summed E-state index contributed by atoms with van der Waals surface area (Å²) in [5.41, 5.74) is 1.08. The molecular weight excluding hydrogens is 299 g/mol. The van der Waals surface area contributed by atoms with E-state index in [0.717, 1.165) is 6.29 Å². The van der Waals surface area contributed by atoms with Crippen LogP contribution >= 0.6 is 15.9 Å². The largest absolute Gasteiger partial charge is 0.456 e. The lowest BCUT2D eigenvalue weighted by molar-refractivity contribution is 0.112. The number of ether oxygens (including phenoxy) is 1. The Morgan fingerprint density at radius 1 is 1.22 bits per heavy atom. The summed E-state index contributed by atoms with van der Waals surface area (Å²) in [6.07, 6.45) is 0.760. The summed E-state index contributed by atoms with van der Waals surface area (Å²) in [5.74, 6) is 0.859. The highest BCUT2D eigenvalue weighted by atomic mass is 79.9. The monoisotopic (exact) mass is 308 g/mol. The van der Waals surface area contributed by atoms with E-state index in [-0.39, 0.29) is 5.82 Å². The molecule has 0 aliphatic heterocycles. The van der Waals surface area contributed by atoms with E-state index in [0.29, 0.717) is 27.1 Å². The Labute approximate surface area is 113 Å². The first kappa shape index (κ1) is 12.8. The molecule has 0 radical (unpaired) electrons. The van der Waals surface area contributed by atoms with E-state index in [1.807, 2.05) is 0 Å². The van der Waals surface area contributed by atoms with E-state index in [1.54, 1.807) is 37.3 Å². The van der Waals surface area contributed by atoms with Crippen LogP contribution in [0, 0.1) is 12.7 Å². The summed E-state index contributed by atoms with van der Waals surface area (Å²) in [4.78, 5) is 10.6. The minimum absolute atomic E-state index is 0.266. The quantitative estimate of drug-likeness (QED) is 0.780. The van der Waals surface area contributed by atoms with Crippen molar-refractivity contribution in [2.45, 2.75) is 6.92 Å². The lowest BCUT2D eigenvalue weighted by atomic mass is 10.2. The minimum atomic E-state index is -0.266. The topological polar surface area (TPSA) is 26.3 Å².